The molecule has 20 heavy (non-hydrogen) atoms. The number of rotatable bonds is 6. The summed E-state index contributed by atoms with van der Waals surface area (Å²) >= 11 is 3.62. The van der Waals surface area contributed by atoms with Crippen molar-refractivity contribution in [2.45, 2.75) is 44.4 Å². The van der Waals surface area contributed by atoms with Crippen molar-refractivity contribution < 1.29 is 9.47 Å². The first-order valence-corrected chi connectivity index (χ1v) is 7.93. The van der Waals surface area contributed by atoms with Crippen molar-refractivity contribution in [2.24, 2.45) is 0 Å². The lowest BCUT2D eigenvalue weighted by Gasteiger charge is -2.40. The van der Waals surface area contributed by atoms with Gasteiger partial charge in [0.15, 0.2) is 0 Å². The number of ether oxygens (including phenoxy) is 2. The number of nitrogens with zero attached hydrogens (tertiary/aromatic N) is 2. The third-order valence-corrected chi connectivity index (χ3v) is 4.62. The maximum Gasteiger partial charge on any atom is 0.0863 e. The zero-order valence-electron chi connectivity index (χ0n) is 12.5. The molecule has 6 heteroatoms. The summed E-state index contributed by atoms with van der Waals surface area (Å²) < 4.78 is 14.3. The highest BCUT2D eigenvalue weighted by Gasteiger charge is 2.39. The SMILES string of the molecule is CNC(c1c(Br)cnn1CCOC)C1(C)CCCCO1. The standard InChI is InChI=1S/C14H24BrN3O2/c1-14(6-4-5-8-20-14)13(16-2)12-11(15)10-17-18(12)7-9-19-3/h10,13,16H,4-9H2,1-3H3. The van der Waals surface area contributed by atoms with Gasteiger partial charge in [0, 0.05) is 13.7 Å². The van der Waals surface area contributed by atoms with Crippen molar-refractivity contribution in [3.05, 3.63) is 16.4 Å². The van der Waals surface area contributed by atoms with Gasteiger partial charge in [0.05, 0.1) is 41.2 Å². The average molecular weight is 346 g/mol. The van der Waals surface area contributed by atoms with E-state index in [4.69, 9.17) is 9.47 Å². The highest BCUT2D eigenvalue weighted by Crippen LogP contribution is 2.38. The normalized spacial score (nSPS) is 24.8. The smallest absolute Gasteiger partial charge is 0.0863 e. The fourth-order valence-corrected chi connectivity index (χ4v) is 3.45. The minimum atomic E-state index is -0.194. The van der Waals surface area contributed by atoms with Crippen LogP contribution in [0.4, 0.5) is 0 Å². The topological polar surface area (TPSA) is 48.3 Å². The Morgan fingerprint density at radius 2 is 2.40 bits per heavy atom. The van der Waals surface area contributed by atoms with Crippen LogP contribution in [0.15, 0.2) is 10.7 Å². The first-order chi connectivity index (χ1) is 9.62. The van der Waals surface area contributed by atoms with Crippen LogP contribution >= 0.6 is 15.9 Å². The molecule has 1 aliphatic rings. The van der Waals surface area contributed by atoms with Crippen LogP contribution in [0.1, 0.15) is 37.9 Å². The fraction of sp³-hybridized carbons (Fsp3) is 0.786. The van der Waals surface area contributed by atoms with Gasteiger partial charge in [-0.1, -0.05) is 0 Å². The zero-order chi connectivity index (χ0) is 14.6. The summed E-state index contributed by atoms with van der Waals surface area (Å²) in [6.45, 7) is 4.41. The van der Waals surface area contributed by atoms with Gasteiger partial charge >= 0.3 is 0 Å². The van der Waals surface area contributed by atoms with Gasteiger partial charge in [0.1, 0.15) is 0 Å². The Morgan fingerprint density at radius 1 is 1.60 bits per heavy atom. The minimum absolute atomic E-state index is 0.108. The van der Waals surface area contributed by atoms with E-state index in [2.05, 4.69) is 33.3 Å². The van der Waals surface area contributed by atoms with Gasteiger partial charge in [-0.05, 0) is 49.2 Å². The van der Waals surface area contributed by atoms with E-state index in [-0.39, 0.29) is 11.6 Å². The summed E-state index contributed by atoms with van der Waals surface area (Å²) in [5, 5.41) is 7.86. The summed E-state index contributed by atoms with van der Waals surface area (Å²) in [6.07, 6.45) is 5.26. The van der Waals surface area contributed by atoms with Crippen molar-refractivity contribution in [1.82, 2.24) is 15.1 Å². The van der Waals surface area contributed by atoms with E-state index in [9.17, 15) is 0 Å². The Kier molecular flexibility index (Phi) is 5.60. The molecule has 2 heterocycles. The molecule has 2 atom stereocenters. The predicted octanol–water partition coefficient (Wildman–Crippen LogP) is 2.51. The molecule has 1 aromatic rings. The molecule has 114 valence electrons. The Hall–Kier alpha value is -0.430. The molecule has 0 spiro atoms. The summed E-state index contributed by atoms with van der Waals surface area (Å²) in [4.78, 5) is 0. The summed E-state index contributed by atoms with van der Waals surface area (Å²) in [6, 6.07) is 0.108. The van der Waals surface area contributed by atoms with Crippen LogP contribution in [-0.2, 0) is 16.0 Å². The van der Waals surface area contributed by atoms with Gasteiger partial charge in [-0.25, -0.2) is 0 Å². The number of hydrogen-bond donors (Lipinski definition) is 1. The molecule has 1 saturated heterocycles. The molecule has 1 N–H and O–H groups in total. The highest BCUT2D eigenvalue weighted by molar-refractivity contribution is 9.10. The lowest BCUT2D eigenvalue weighted by molar-refractivity contribution is -0.0902. The third kappa shape index (κ3) is 3.24. The van der Waals surface area contributed by atoms with Gasteiger partial charge in [0.25, 0.3) is 0 Å². The molecule has 5 nitrogen and oxygen atoms in total. The summed E-state index contributed by atoms with van der Waals surface area (Å²) in [7, 11) is 3.69. The Balaban J connectivity index is 2.28. The van der Waals surface area contributed by atoms with Crippen molar-refractivity contribution in [3.8, 4) is 0 Å². The third-order valence-electron chi connectivity index (χ3n) is 4.01. The minimum Gasteiger partial charge on any atom is -0.383 e. The van der Waals surface area contributed by atoms with Gasteiger partial charge in [-0.3, -0.25) is 4.68 Å². The average Bonchev–Trinajstić information content (AvgIpc) is 2.80. The number of methoxy groups -OCH3 is 1. The van der Waals surface area contributed by atoms with Crippen molar-refractivity contribution in [1.29, 1.82) is 0 Å². The van der Waals surface area contributed by atoms with Crippen molar-refractivity contribution in [3.63, 3.8) is 0 Å². The molecule has 0 amide bonds. The molecule has 2 unspecified atom stereocenters. The second-order valence-corrected chi connectivity index (χ2v) is 6.29. The second-order valence-electron chi connectivity index (χ2n) is 5.43. The summed E-state index contributed by atoms with van der Waals surface area (Å²) in [5.41, 5.74) is 0.939. The van der Waals surface area contributed by atoms with Crippen LogP contribution in [0.5, 0.6) is 0 Å². The van der Waals surface area contributed by atoms with E-state index in [1.165, 1.54) is 6.42 Å². The second kappa shape index (κ2) is 7.02. The van der Waals surface area contributed by atoms with Crippen LogP contribution in [0.25, 0.3) is 0 Å². The van der Waals surface area contributed by atoms with Crippen LogP contribution in [0, 0.1) is 0 Å². The molecular formula is C14H24BrN3O2. The highest BCUT2D eigenvalue weighted by atomic mass is 79.9. The molecule has 2 rings (SSSR count). The molecule has 0 radical (unpaired) electrons. The maximum absolute atomic E-state index is 6.10. The van der Waals surface area contributed by atoms with E-state index < -0.39 is 0 Å². The van der Waals surface area contributed by atoms with E-state index in [1.54, 1.807) is 7.11 Å². The Morgan fingerprint density at radius 3 is 3.00 bits per heavy atom. The molecule has 0 saturated carbocycles. The van der Waals surface area contributed by atoms with Crippen LogP contribution < -0.4 is 5.32 Å². The van der Waals surface area contributed by atoms with E-state index in [0.29, 0.717) is 6.61 Å². The molecule has 1 aliphatic heterocycles. The van der Waals surface area contributed by atoms with Crippen LogP contribution in [0.2, 0.25) is 0 Å². The molecule has 0 aromatic carbocycles. The number of hydrogen-bond acceptors (Lipinski definition) is 4. The molecule has 0 bridgehead atoms. The van der Waals surface area contributed by atoms with Gasteiger partial charge in [-0.15, -0.1) is 0 Å². The monoisotopic (exact) mass is 345 g/mol. The molecule has 1 aromatic heterocycles. The largest absolute Gasteiger partial charge is 0.383 e. The Bertz CT molecular complexity index is 430. The Labute approximate surface area is 129 Å². The maximum atomic E-state index is 6.10. The quantitative estimate of drug-likeness (QED) is 0.860. The van der Waals surface area contributed by atoms with Crippen molar-refractivity contribution >= 4 is 15.9 Å². The van der Waals surface area contributed by atoms with E-state index in [1.807, 2.05) is 17.9 Å². The first kappa shape index (κ1) is 15.9. The molecule has 0 aliphatic carbocycles. The zero-order valence-corrected chi connectivity index (χ0v) is 14.1. The van der Waals surface area contributed by atoms with Gasteiger partial charge in [-0.2, -0.15) is 5.10 Å². The van der Waals surface area contributed by atoms with E-state index >= 15 is 0 Å². The number of aromatic nitrogens is 2. The number of nitrogens with one attached hydrogen (secondary N) is 1. The predicted molar refractivity (Wildman–Crippen MR) is 81.8 cm³/mol. The van der Waals surface area contributed by atoms with Gasteiger partial charge in [0.2, 0.25) is 0 Å². The molecular weight excluding hydrogens is 322 g/mol. The lowest BCUT2D eigenvalue weighted by atomic mass is 9.86. The van der Waals surface area contributed by atoms with E-state index in [0.717, 1.165) is 36.2 Å². The number of halogens is 1. The summed E-state index contributed by atoms with van der Waals surface area (Å²) in [5.74, 6) is 0. The van der Waals surface area contributed by atoms with Crippen LogP contribution in [-0.4, -0.2) is 42.8 Å². The van der Waals surface area contributed by atoms with Crippen LogP contribution in [0.3, 0.4) is 0 Å². The molecule has 1 fully saturated rings. The number of likely N-dealkylation sites (N-methyl/N-ethyl adjacent to an activating group) is 1. The van der Waals surface area contributed by atoms with Gasteiger partial charge < -0.3 is 14.8 Å². The fourth-order valence-electron chi connectivity index (χ4n) is 2.93. The first-order valence-electron chi connectivity index (χ1n) is 7.13. The lowest BCUT2D eigenvalue weighted by Crippen LogP contribution is -2.46. The van der Waals surface area contributed by atoms with Crippen molar-refractivity contribution in [2.75, 3.05) is 27.4 Å².